The zero-order chi connectivity index (χ0) is 39.6. The molecular formula is C44H73O9P. The van der Waals surface area contributed by atoms with Crippen molar-refractivity contribution in [3.8, 4) is 0 Å². The molecule has 0 bridgehead atoms. The van der Waals surface area contributed by atoms with Crippen molar-refractivity contribution in [2.75, 3.05) is 33.0 Å². The molecule has 3 unspecified atom stereocenters. The van der Waals surface area contributed by atoms with Gasteiger partial charge in [-0.1, -0.05) is 137 Å². The maximum absolute atomic E-state index is 12.6. The number of allylic oxidation sites excluding steroid dienone is 16. The van der Waals surface area contributed by atoms with Gasteiger partial charge in [0.15, 0.2) is 0 Å². The van der Waals surface area contributed by atoms with E-state index in [1.807, 2.05) is 0 Å². The molecule has 0 saturated heterocycles. The minimum Gasteiger partial charge on any atom is -0.457 e. The van der Waals surface area contributed by atoms with E-state index in [0.717, 1.165) is 103 Å². The van der Waals surface area contributed by atoms with E-state index in [1.54, 1.807) is 0 Å². The van der Waals surface area contributed by atoms with Crippen LogP contribution in [0.4, 0.5) is 0 Å². The predicted octanol–water partition coefficient (Wildman–Crippen LogP) is 10.9. The SMILES string of the molecule is CC/C=C\C/C=C\C/C=C\C/C=C\CCCCCCCCC(=O)OC(COCCC/C=C\C/C=C\C/C=C\C/C=C\CC)COP(=O)(O)OCC(O)CO. The molecule has 0 spiro atoms. The highest BCUT2D eigenvalue weighted by atomic mass is 31.2. The lowest BCUT2D eigenvalue weighted by Gasteiger charge is -2.20. The molecule has 0 fully saturated rings. The average Bonchev–Trinajstić information content (AvgIpc) is 3.16. The molecule has 0 aromatic carbocycles. The summed E-state index contributed by atoms with van der Waals surface area (Å²) in [6.07, 6.45) is 49.5. The fraction of sp³-hybridized carbons (Fsp3) is 0.614. The molecule has 10 heteroatoms. The number of hydrogen-bond donors (Lipinski definition) is 3. The van der Waals surface area contributed by atoms with E-state index in [2.05, 4.69) is 111 Å². The van der Waals surface area contributed by atoms with Gasteiger partial charge in [-0.25, -0.2) is 4.57 Å². The summed E-state index contributed by atoms with van der Waals surface area (Å²) in [6.45, 7) is 3.08. The number of phosphoric acid groups is 1. The molecule has 308 valence electrons. The highest BCUT2D eigenvalue weighted by molar-refractivity contribution is 7.47. The van der Waals surface area contributed by atoms with Crippen LogP contribution >= 0.6 is 7.82 Å². The number of phosphoric ester groups is 1. The molecule has 3 N–H and O–H groups in total. The molecule has 0 aliphatic heterocycles. The van der Waals surface area contributed by atoms with E-state index in [9.17, 15) is 19.4 Å². The number of unbranched alkanes of at least 4 members (excludes halogenated alkanes) is 7. The quantitative estimate of drug-likeness (QED) is 0.0244. The van der Waals surface area contributed by atoms with E-state index in [-0.39, 0.29) is 13.0 Å². The highest BCUT2D eigenvalue weighted by Crippen LogP contribution is 2.43. The van der Waals surface area contributed by atoms with Crippen molar-refractivity contribution in [1.29, 1.82) is 0 Å². The zero-order valence-electron chi connectivity index (χ0n) is 33.4. The van der Waals surface area contributed by atoms with Gasteiger partial charge in [0, 0.05) is 13.0 Å². The summed E-state index contributed by atoms with van der Waals surface area (Å²) in [5, 5.41) is 18.3. The topological polar surface area (TPSA) is 132 Å². The Labute approximate surface area is 327 Å². The van der Waals surface area contributed by atoms with Gasteiger partial charge in [-0.3, -0.25) is 13.8 Å². The number of aliphatic hydroxyl groups excluding tert-OH is 2. The number of esters is 1. The first-order valence-electron chi connectivity index (χ1n) is 20.2. The first kappa shape index (κ1) is 51.4. The maximum atomic E-state index is 12.6. The Kier molecular flexibility index (Phi) is 38.1. The third-order valence-corrected chi connectivity index (χ3v) is 8.72. The summed E-state index contributed by atoms with van der Waals surface area (Å²) >= 11 is 0. The van der Waals surface area contributed by atoms with Crippen molar-refractivity contribution in [3.63, 3.8) is 0 Å². The summed E-state index contributed by atoms with van der Waals surface area (Å²) in [5.41, 5.74) is 0. The summed E-state index contributed by atoms with van der Waals surface area (Å²) in [5.74, 6) is -0.421. The predicted molar refractivity (Wildman–Crippen MR) is 223 cm³/mol. The summed E-state index contributed by atoms with van der Waals surface area (Å²) in [7, 11) is -4.54. The van der Waals surface area contributed by atoms with E-state index >= 15 is 0 Å². The summed E-state index contributed by atoms with van der Waals surface area (Å²) in [6, 6.07) is 0. The van der Waals surface area contributed by atoms with Crippen molar-refractivity contribution >= 4 is 13.8 Å². The fourth-order valence-corrected chi connectivity index (χ4v) is 5.55. The van der Waals surface area contributed by atoms with Crippen molar-refractivity contribution in [2.45, 2.75) is 142 Å². The number of carbonyl (C=O) groups excluding carboxylic acids is 1. The largest absolute Gasteiger partial charge is 0.472 e. The lowest BCUT2D eigenvalue weighted by molar-refractivity contribution is -0.154. The molecule has 54 heavy (non-hydrogen) atoms. The Bertz CT molecular complexity index is 1150. The molecule has 0 radical (unpaired) electrons. The van der Waals surface area contributed by atoms with Gasteiger partial charge >= 0.3 is 13.8 Å². The van der Waals surface area contributed by atoms with Crippen molar-refractivity contribution < 1.29 is 43.0 Å². The van der Waals surface area contributed by atoms with Gasteiger partial charge in [0.05, 0.1) is 26.4 Å². The third kappa shape index (κ3) is 39.1. The van der Waals surface area contributed by atoms with Crippen molar-refractivity contribution in [3.05, 3.63) is 97.2 Å². The van der Waals surface area contributed by atoms with Gasteiger partial charge in [-0.15, -0.1) is 0 Å². The first-order valence-corrected chi connectivity index (χ1v) is 21.7. The lowest BCUT2D eigenvalue weighted by atomic mass is 10.1. The second-order valence-electron chi connectivity index (χ2n) is 12.9. The Morgan fingerprint density at radius 1 is 0.574 bits per heavy atom. The lowest BCUT2D eigenvalue weighted by Crippen LogP contribution is -2.29. The fourth-order valence-electron chi connectivity index (χ4n) is 4.76. The standard InChI is InChI=1S/C44H73O9P/c1-3-5-7-9-11-13-15-17-19-20-21-22-23-24-26-28-30-32-34-36-44(47)53-43(41-52-54(48,49)51-39-42(46)38-45)40-50-37-35-33-31-29-27-25-18-16-14-12-10-8-6-4-2/h5-8,11-14,17-19,21-22,25,29,31,42-43,45-46H,3-4,9-10,15-16,20,23-24,26-28,30,32-41H2,1-2H3,(H,48,49)/b7-5-,8-6-,13-11-,14-12-,19-17-,22-21-,25-18-,31-29-. The zero-order valence-corrected chi connectivity index (χ0v) is 34.3. The van der Waals surface area contributed by atoms with Crippen LogP contribution in [0, 0.1) is 0 Å². The van der Waals surface area contributed by atoms with Crippen LogP contribution < -0.4 is 0 Å². The van der Waals surface area contributed by atoms with Crippen LogP contribution in [0.5, 0.6) is 0 Å². The second kappa shape index (κ2) is 40.1. The third-order valence-electron chi connectivity index (χ3n) is 7.77. The minimum atomic E-state index is -4.54. The normalized spacial score (nSPS) is 15.1. The maximum Gasteiger partial charge on any atom is 0.472 e. The molecule has 0 aliphatic rings. The molecule has 0 aliphatic carbocycles. The van der Waals surface area contributed by atoms with E-state index < -0.39 is 45.8 Å². The van der Waals surface area contributed by atoms with E-state index in [1.165, 1.54) is 0 Å². The van der Waals surface area contributed by atoms with Crippen LogP contribution in [-0.4, -0.2) is 66.3 Å². The Hall–Kier alpha value is -2.62. The molecule has 9 nitrogen and oxygen atoms in total. The van der Waals surface area contributed by atoms with Gasteiger partial charge in [0.25, 0.3) is 0 Å². The number of carbonyl (C=O) groups is 1. The first-order chi connectivity index (χ1) is 26.3. The average molecular weight is 777 g/mol. The smallest absolute Gasteiger partial charge is 0.457 e. The van der Waals surface area contributed by atoms with Gasteiger partial charge in [-0.2, -0.15) is 0 Å². The molecule has 0 aromatic rings. The van der Waals surface area contributed by atoms with Crippen LogP contribution in [0.25, 0.3) is 0 Å². The van der Waals surface area contributed by atoms with E-state index in [0.29, 0.717) is 13.0 Å². The Balaban J connectivity index is 4.33. The van der Waals surface area contributed by atoms with Gasteiger partial charge in [0.2, 0.25) is 0 Å². The van der Waals surface area contributed by atoms with Crippen LogP contribution in [0.1, 0.15) is 129 Å². The van der Waals surface area contributed by atoms with Crippen LogP contribution in [0.3, 0.4) is 0 Å². The number of hydrogen-bond acceptors (Lipinski definition) is 8. The molecule has 0 rings (SSSR count). The van der Waals surface area contributed by atoms with E-state index in [4.69, 9.17) is 23.6 Å². The number of ether oxygens (including phenoxy) is 2. The molecular weight excluding hydrogens is 703 g/mol. The van der Waals surface area contributed by atoms with Crippen LogP contribution in [-0.2, 0) is 27.9 Å². The minimum absolute atomic E-state index is 0.00150. The van der Waals surface area contributed by atoms with Gasteiger partial charge in [-0.05, 0) is 83.5 Å². The summed E-state index contributed by atoms with van der Waals surface area (Å²) in [4.78, 5) is 22.5. The molecule has 3 atom stereocenters. The molecule has 0 heterocycles. The Morgan fingerprint density at radius 3 is 1.50 bits per heavy atom. The van der Waals surface area contributed by atoms with Gasteiger partial charge in [0.1, 0.15) is 12.2 Å². The number of aliphatic hydroxyl groups is 2. The van der Waals surface area contributed by atoms with Crippen molar-refractivity contribution in [1.82, 2.24) is 0 Å². The molecule has 0 aromatic heterocycles. The van der Waals surface area contributed by atoms with Crippen molar-refractivity contribution in [2.24, 2.45) is 0 Å². The van der Waals surface area contributed by atoms with Gasteiger partial charge < -0.3 is 24.6 Å². The molecule has 0 amide bonds. The number of rotatable bonds is 37. The molecule has 0 saturated carbocycles. The Morgan fingerprint density at radius 2 is 1.00 bits per heavy atom. The monoisotopic (exact) mass is 776 g/mol. The second-order valence-corrected chi connectivity index (χ2v) is 14.3. The van der Waals surface area contributed by atoms with Crippen LogP contribution in [0.2, 0.25) is 0 Å². The van der Waals surface area contributed by atoms with Crippen LogP contribution in [0.15, 0.2) is 97.2 Å². The highest BCUT2D eigenvalue weighted by Gasteiger charge is 2.26. The summed E-state index contributed by atoms with van der Waals surface area (Å²) < 4.78 is 33.2.